The van der Waals surface area contributed by atoms with Crippen molar-refractivity contribution in [2.75, 3.05) is 0 Å². The van der Waals surface area contributed by atoms with Crippen LogP contribution in [0.4, 0.5) is 0 Å². The second-order valence-electron chi connectivity index (χ2n) is 9.14. The SMILES string of the molecule is C[SiH](C)CCCCCCCC[Si](C)(C)Oc1ccc(C(=O)c2ccccc2)cc1. The molecule has 0 fully saturated rings. The van der Waals surface area contributed by atoms with Crippen molar-refractivity contribution in [1.82, 2.24) is 0 Å². The minimum Gasteiger partial charge on any atom is -0.544 e. The van der Waals surface area contributed by atoms with E-state index in [1.807, 2.05) is 54.6 Å². The second-order valence-corrected chi connectivity index (χ2v) is 16.7. The monoisotopic (exact) mass is 426 g/mol. The van der Waals surface area contributed by atoms with Gasteiger partial charge in [0, 0.05) is 19.9 Å². The summed E-state index contributed by atoms with van der Waals surface area (Å²) < 4.78 is 6.35. The number of hydrogen-bond acceptors (Lipinski definition) is 2. The summed E-state index contributed by atoms with van der Waals surface area (Å²) in [6.45, 7) is 9.48. The highest BCUT2D eigenvalue weighted by molar-refractivity contribution is 6.71. The lowest BCUT2D eigenvalue weighted by molar-refractivity contribution is 0.103. The fraction of sp³-hybridized carbons (Fsp3) is 0.480. The average molecular weight is 427 g/mol. The highest BCUT2D eigenvalue weighted by Crippen LogP contribution is 2.23. The van der Waals surface area contributed by atoms with Crippen LogP contribution in [0.2, 0.25) is 38.3 Å². The molecule has 0 spiro atoms. The van der Waals surface area contributed by atoms with Crippen molar-refractivity contribution >= 4 is 22.9 Å². The standard InChI is InChI=1S/C25H38O2Si2/c1-28(2)20-12-7-5-6-8-13-21-29(3,4)27-24-18-16-23(17-19-24)25(26)22-14-10-9-11-15-22/h9-11,14-19,28H,5-8,12-13,20-21H2,1-4H3. The summed E-state index contributed by atoms with van der Waals surface area (Å²) in [6.07, 6.45) is 8.19. The van der Waals surface area contributed by atoms with Crippen molar-refractivity contribution in [3.63, 3.8) is 0 Å². The lowest BCUT2D eigenvalue weighted by atomic mass is 10.0. The topological polar surface area (TPSA) is 26.3 Å². The van der Waals surface area contributed by atoms with Gasteiger partial charge in [0.25, 0.3) is 0 Å². The van der Waals surface area contributed by atoms with Crippen LogP contribution >= 0.6 is 0 Å². The molecule has 0 heterocycles. The Bertz CT molecular complexity index is 724. The van der Waals surface area contributed by atoms with E-state index in [-0.39, 0.29) is 14.6 Å². The van der Waals surface area contributed by atoms with Gasteiger partial charge in [0.15, 0.2) is 5.78 Å². The number of carbonyl (C=O) groups excluding carboxylic acids is 1. The Morgan fingerprint density at radius 1 is 0.793 bits per heavy atom. The normalized spacial score (nSPS) is 11.6. The summed E-state index contributed by atoms with van der Waals surface area (Å²) in [5, 5.41) is 0. The zero-order chi connectivity index (χ0) is 21.1. The molecule has 2 aromatic carbocycles. The van der Waals surface area contributed by atoms with E-state index in [1.54, 1.807) is 0 Å². The third-order valence-electron chi connectivity index (χ3n) is 5.36. The van der Waals surface area contributed by atoms with E-state index < -0.39 is 8.32 Å². The molecule has 2 nitrogen and oxygen atoms in total. The first-order chi connectivity index (χ1) is 13.9. The third-order valence-corrected chi connectivity index (χ3v) is 9.27. The van der Waals surface area contributed by atoms with Crippen molar-refractivity contribution in [3.05, 3.63) is 65.7 Å². The summed E-state index contributed by atoms with van der Waals surface area (Å²) in [7, 11) is -2.07. The molecule has 0 radical (unpaired) electrons. The summed E-state index contributed by atoms with van der Waals surface area (Å²) in [4.78, 5) is 12.5. The van der Waals surface area contributed by atoms with E-state index in [1.165, 1.54) is 50.6 Å². The van der Waals surface area contributed by atoms with Gasteiger partial charge in [0.05, 0.1) is 0 Å². The van der Waals surface area contributed by atoms with Crippen LogP contribution in [0.1, 0.15) is 54.4 Å². The van der Waals surface area contributed by atoms with Crippen LogP contribution in [0, 0.1) is 0 Å². The lowest BCUT2D eigenvalue weighted by Gasteiger charge is -2.24. The maximum Gasteiger partial charge on any atom is 0.245 e. The molecule has 0 saturated heterocycles. The molecule has 0 aliphatic carbocycles. The molecule has 0 saturated carbocycles. The first kappa shape index (κ1) is 23.6. The first-order valence-corrected chi connectivity index (χ1v) is 17.5. The van der Waals surface area contributed by atoms with Gasteiger partial charge in [-0.2, -0.15) is 0 Å². The predicted octanol–water partition coefficient (Wildman–Crippen LogP) is 7.33. The fourth-order valence-corrected chi connectivity index (χ4v) is 6.69. The van der Waals surface area contributed by atoms with Gasteiger partial charge >= 0.3 is 0 Å². The van der Waals surface area contributed by atoms with Crippen molar-refractivity contribution in [3.8, 4) is 5.75 Å². The number of benzene rings is 2. The summed E-state index contributed by atoms with van der Waals surface area (Å²) in [5.41, 5.74) is 1.44. The molecule has 158 valence electrons. The zero-order valence-electron chi connectivity index (χ0n) is 18.7. The molecule has 29 heavy (non-hydrogen) atoms. The molecule has 0 aliphatic heterocycles. The van der Waals surface area contributed by atoms with E-state index in [0.717, 1.165) is 11.3 Å². The van der Waals surface area contributed by atoms with Gasteiger partial charge in [-0.05, 0) is 43.4 Å². The Balaban J connectivity index is 1.72. The number of carbonyl (C=O) groups is 1. The van der Waals surface area contributed by atoms with Crippen LogP contribution in [0.25, 0.3) is 0 Å². The quantitative estimate of drug-likeness (QED) is 0.190. The lowest BCUT2D eigenvalue weighted by Crippen LogP contribution is -2.33. The molecule has 0 bridgehead atoms. The number of hydrogen-bond donors (Lipinski definition) is 0. The van der Waals surface area contributed by atoms with Gasteiger partial charge in [0.1, 0.15) is 5.75 Å². The molecule has 2 rings (SSSR count). The molecule has 0 N–H and O–H groups in total. The van der Waals surface area contributed by atoms with Crippen molar-refractivity contribution in [1.29, 1.82) is 0 Å². The van der Waals surface area contributed by atoms with Crippen LogP contribution in [0.15, 0.2) is 54.6 Å². The predicted molar refractivity (Wildman–Crippen MR) is 131 cm³/mol. The van der Waals surface area contributed by atoms with E-state index in [4.69, 9.17) is 4.43 Å². The minimum atomic E-state index is -1.72. The van der Waals surface area contributed by atoms with E-state index >= 15 is 0 Å². The maximum absolute atomic E-state index is 12.5. The second kappa shape index (κ2) is 12.1. The summed E-state index contributed by atoms with van der Waals surface area (Å²) >= 11 is 0. The molecule has 0 amide bonds. The molecular weight excluding hydrogens is 388 g/mol. The van der Waals surface area contributed by atoms with Gasteiger partial charge < -0.3 is 4.43 Å². The Morgan fingerprint density at radius 3 is 1.97 bits per heavy atom. The molecule has 4 heteroatoms. The maximum atomic E-state index is 12.5. The van der Waals surface area contributed by atoms with E-state index in [2.05, 4.69) is 26.2 Å². The van der Waals surface area contributed by atoms with Crippen LogP contribution in [-0.4, -0.2) is 22.9 Å². The van der Waals surface area contributed by atoms with Gasteiger partial charge in [0.2, 0.25) is 8.32 Å². The Kier molecular flexibility index (Phi) is 9.88. The van der Waals surface area contributed by atoms with Crippen molar-refractivity contribution in [2.24, 2.45) is 0 Å². The molecule has 0 atom stereocenters. The molecule has 2 aromatic rings. The van der Waals surface area contributed by atoms with Crippen LogP contribution in [-0.2, 0) is 0 Å². The molecular formula is C25H38O2Si2. The number of ketones is 1. The van der Waals surface area contributed by atoms with Gasteiger partial charge in [-0.15, -0.1) is 0 Å². The van der Waals surface area contributed by atoms with Gasteiger partial charge in [-0.3, -0.25) is 4.79 Å². The number of unbranched alkanes of at least 4 members (excludes halogenated alkanes) is 5. The molecule has 0 aromatic heterocycles. The first-order valence-electron chi connectivity index (χ1n) is 11.3. The highest BCUT2D eigenvalue weighted by Gasteiger charge is 2.23. The Labute approximate surface area is 180 Å². The Morgan fingerprint density at radius 2 is 1.34 bits per heavy atom. The largest absolute Gasteiger partial charge is 0.544 e. The molecule has 0 aliphatic rings. The van der Waals surface area contributed by atoms with Crippen molar-refractivity contribution < 1.29 is 9.22 Å². The van der Waals surface area contributed by atoms with Crippen molar-refractivity contribution in [2.45, 2.75) is 76.8 Å². The van der Waals surface area contributed by atoms with E-state index in [0.29, 0.717) is 5.56 Å². The average Bonchev–Trinajstić information content (AvgIpc) is 2.70. The van der Waals surface area contributed by atoms with Crippen LogP contribution in [0.3, 0.4) is 0 Å². The molecule has 0 unspecified atom stereocenters. The van der Waals surface area contributed by atoms with E-state index in [9.17, 15) is 4.79 Å². The Hall–Kier alpha value is -1.66. The summed E-state index contributed by atoms with van der Waals surface area (Å²) in [5.74, 6) is 0.952. The summed E-state index contributed by atoms with van der Waals surface area (Å²) in [6, 6.07) is 19.8. The van der Waals surface area contributed by atoms with Gasteiger partial charge in [-0.1, -0.05) is 88.0 Å². The number of rotatable bonds is 13. The smallest absolute Gasteiger partial charge is 0.245 e. The zero-order valence-corrected chi connectivity index (χ0v) is 20.9. The fourth-order valence-electron chi connectivity index (χ4n) is 3.61. The third kappa shape index (κ3) is 9.13. The van der Waals surface area contributed by atoms with Crippen LogP contribution in [0.5, 0.6) is 5.75 Å². The van der Waals surface area contributed by atoms with Crippen LogP contribution < -0.4 is 4.43 Å². The highest BCUT2D eigenvalue weighted by atomic mass is 28.4. The van der Waals surface area contributed by atoms with Gasteiger partial charge in [-0.25, -0.2) is 0 Å². The minimum absolute atomic E-state index is 0.0596.